The molecule has 1 unspecified atom stereocenters. The van der Waals surface area contributed by atoms with E-state index < -0.39 is 0 Å². The minimum atomic E-state index is 0.449. The maximum Gasteiger partial charge on any atom is -0.00201 e. The highest BCUT2D eigenvalue weighted by Gasteiger charge is 2.19. The van der Waals surface area contributed by atoms with Gasteiger partial charge in [-0.15, -0.1) is 0 Å². The predicted molar refractivity (Wildman–Crippen MR) is 189 cm³/mol. The van der Waals surface area contributed by atoms with Crippen molar-refractivity contribution in [3.63, 3.8) is 0 Å². The minimum absolute atomic E-state index is 0.449. The van der Waals surface area contributed by atoms with E-state index in [-0.39, 0.29) is 0 Å². The highest BCUT2D eigenvalue weighted by atomic mass is 14.2. The molecular formula is C43H38. The van der Waals surface area contributed by atoms with Crippen LogP contribution in [0.25, 0.3) is 60.1 Å². The second-order valence-electron chi connectivity index (χ2n) is 12.3. The summed E-state index contributed by atoms with van der Waals surface area (Å²) < 4.78 is 0. The Morgan fingerprint density at radius 1 is 0.605 bits per heavy atom. The van der Waals surface area contributed by atoms with Crippen LogP contribution in [0.1, 0.15) is 51.2 Å². The summed E-state index contributed by atoms with van der Waals surface area (Å²) in [6, 6.07) is 40.8. The van der Waals surface area contributed by atoms with Gasteiger partial charge in [0.15, 0.2) is 0 Å². The normalized spacial score (nSPS) is 15.2. The molecule has 1 atom stereocenters. The fourth-order valence-corrected chi connectivity index (χ4v) is 6.96. The van der Waals surface area contributed by atoms with Gasteiger partial charge in [-0.25, -0.2) is 0 Å². The van der Waals surface area contributed by atoms with Crippen molar-refractivity contribution in [1.29, 1.82) is 0 Å². The van der Waals surface area contributed by atoms with Crippen LogP contribution < -0.4 is 0 Å². The van der Waals surface area contributed by atoms with Gasteiger partial charge in [0.05, 0.1) is 0 Å². The lowest BCUT2D eigenvalue weighted by Crippen LogP contribution is -1.95. The summed E-state index contributed by atoms with van der Waals surface area (Å²) in [6.07, 6.45) is 10.5. The molecule has 0 heterocycles. The van der Waals surface area contributed by atoms with Crippen molar-refractivity contribution in [3.8, 4) is 22.3 Å². The van der Waals surface area contributed by atoms with Gasteiger partial charge in [-0.3, -0.25) is 0 Å². The Morgan fingerprint density at radius 3 is 1.81 bits per heavy atom. The van der Waals surface area contributed by atoms with E-state index in [2.05, 4.69) is 161 Å². The summed E-state index contributed by atoms with van der Waals surface area (Å²) in [5.41, 5.74) is 10.5. The fourth-order valence-electron chi connectivity index (χ4n) is 6.96. The van der Waals surface area contributed by atoms with E-state index in [1.54, 1.807) is 0 Å². The van der Waals surface area contributed by atoms with Crippen molar-refractivity contribution in [2.75, 3.05) is 0 Å². The van der Waals surface area contributed by atoms with Crippen LogP contribution in [0.3, 0.4) is 0 Å². The van der Waals surface area contributed by atoms with Gasteiger partial charge in [0.25, 0.3) is 0 Å². The predicted octanol–water partition coefficient (Wildman–Crippen LogP) is 12.5. The van der Waals surface area contributed by atoms with Gasteiger partial charge < -0.3 is 0 Å². The Labute approximate surface area is 255 Å². The van der Waals surface area contributed by atoms with Crippen LogP contribution in [0.4, 0.5) is 0 Å². The summed E-state index contributed by atoms with van der Waals surface area (Å²) in [5.74, 6) is 0.915. The summed E-state index contributed by atoms with van der Waals surface area (Å²) in [6.45, 7) is 9.04. The molecule has 0 heteroatoms. The molecule has 1 aliphatic carbocycles. The molecule has 6 aromatic carbocycles. The molecule has 0 nitrogen and oxygen atoms in total. The standard InChI is InChI=1S/C43H38/c1-5-30-22-21-29(4)25-33(26-30)31-13-12-14-32(27-31)42-37-17-8-10-19-39(37)43(40-20-11-9-18-38(40)42)41-24-23-34(28(2)3)35-15-6-7-16-36(35)41/h6-28,30H,5H2,1-4H3. The SMILES string of the molecule is CCC1C=CC(C)=CC(c2cccc(-c3c4ccccc4c(-c4ccc(C(C)C)c5ccccc45)c4ccccc34)c2)=C1. The van der Waals surface area contributed by atoms with Gasteiger partial charge in [-0.1, -0.05) is 154 Å². The summed E-state index contributed by atoms with van der Waals surface area (Å²) in [5, 5.41) is 7.84. The smallest absolute Gasteiger partial charge is 0.00201 e. The lowest BCUT2D eigenvalue weighted by atomic mass is 9.83. The second-order valence-corrected chi connectivity index (χ2v) is 12.3. The van der Waals surface area contributed by atoms with Gasteiger partial charge in [-0.05, 0) is 103 Å². The highest BCUT2D eigenvalue weighted by molar-refractivity contribution is 6.23. The number of allylic oxidation sites excluding steroid dienone is 6. The van der Waals surface area contributed by atoms with Crippen LogP contribution >= 0.6 is 0 Å². The van der Waals surface area contributed by atoms with Crippen LogP contribution in [0.2, 0.25) is 0 Å². The molecule has 0 N–H and O–H groups in total. The Morgan fingerprint density at radius 2 is 1.19 bits per heavy atom. The maximum absolute atomic E-state index is 2.43. The van der Waals surface area contributed by atoms with Gasteiger partial charge in [0, 0.05) is 0 Å². The van der Waals surface area contributed by atoms with Gasteiger partial charge in [-0.2, -0.15) is 0 Å². The van der Waals surface area contributed by atoms with Crippen LogP contribution in [0.15, 0.2) is 139 Å². The van der Waals surface area contributed by atoms with E-state index in [1.807, 2.05) is 0 Å². The molecule has 6 aromatic rings. The van der Waals surface area contributed by atoms with E-state index in [4.69, 9.17) is 0 Å². The van der Waals surface area contributed by atoms with E-state index >= 15 is 0 Å². The third-order valence-electron chi connectivity index (χ3n) is 9.12. The van der Waals surface area contributed by atoms with Crippen molar-refractivity contribution < 1.29 is 0 Å². The van der Waals surface area contributed by atoms with Crippen LogP contribution in [-0.4, -0.2) is 0 Å². The first-order chi connectivity index (χ1) is 21.0. The second kappa shape index (κ2) is 11.2. The fraction of sp³-hybridized carbons (Fsp3) is 0.163. The average molecular weight is 555 g/mol. The highest BCUT2D eigenvalue weighted by Crippen LogP contribution is 2.46. The third-order valence-corrected chi connectivity index (χ3v) is 9.12. The average Bonchev–Trinajstić information content (AvgIpc) is 3.24. The van der Waals surface area contributed by atoms with E-state index in [9.17, 15) is 0 Å². The number of hydrogen-bond donors (Lipinski definition) is 0. The molecule has 0 spiro atoms. The van der Waals surface area contributed by atoms with Crippen LogP contribution in [0, 0.1) is 5.92 Å². The number of hydrogen-bond acceptors (Lipinski definition) is 0. The molecule has 0 fully saturated rings. The van der Waals surface area contributed by atoms with Gasteiger partial charge in [0.1, 0.15) is 0 Å². The van der Waals surface area contributed by atoms with Crippen LogP contribution in [0.5, 0.6) is 0 Å². The number of benzene rings is 6. The first-order valence-corrected chi connectivity index (χ1v) is 15.7. The lowest BCUT2D eigenvalue weighted by molar-refractivity contribution is 0.776. The van der Waals surface area contributed by atoms with Crippen molar-refractivity contribution in [1.82, 2.24) is 0 Å². The summed E-state index contributed by atoms with van der Waals surface area (Å²) in [4.78, 5) is 0. The van der Waals surface area contributed by atoms with Crippen molar-refractivity contribution >= 4 is 37.9 Å². The third kappa shape index (κ3) is 4.82. The zero-order chi connectivity index (χ0) is 29.5. The Kier molecular flexibility index (Phi) is 7.07. The van der Waals surface area contributed by atoms with Crippen LogP contribution in [-0.2, 0) is 0 Å². The van der Waals surface area contributed by atoms with Gasteiger partial charge >= 0.3 is 0 Å². The summed E-state index contributed by atoms with van der Waals surface area (Å²) in [7, 11) is 0. The molecule has 210 valence electrons. The first-order valence-electron chi connectivity index (χ1n) is 15.7. The van der Waals surface area contributed by atoms with E-state index in [0.717, 1.165) is 6.42 Å². The molecule has 7 rings (SSSR count). The Bertz CT molecular complexity index is 2040. The molecule has 1 aliphatic rings. The Hall–Kier alpha value is -4.68. The molecule has 0 amide bonds. The van der Waals surface area contributed by atoms with E-state index in [1.165, 1.54) is 76.8 Å². The number of rotatable bonds is 5. The maximum atomic E-state index is 2.43. The topological polar surface area (TPSA) is 0 Å². The molecule has 0 radical (unpaired) electrons. The van der Waals surface area contributed by atoms with Crippen molar-refractivity contribution in [2.24, 2.45) is 5.92 Å². The zero-order valence-electron chi connectivity index (χ0n) is 25.6. The zero-order valence-corrected chi connectivity index (χ0v) is 25.6. The molecule has 0 aliphatic heterocycles. The largest absolute Gasteiger partial charge is 0.0773 e. The molecule has 0 saturated heterocycles. The number of fused-ring (bicyclic) bond motifs is 3. The van der Waals surface area contributed by atoms with E-state index in [0.29, 0.717) is 11.8 Å². The molecule has 0 bridgehead atoms. The van der Waals surface area contributed by atoms with Gasteiger partial charge in [0.2, 0.25) is 0 Å². The molecule has 43 heavy (non-hydrogen) atoms. The van der Waals surface area contributed by atoms with Crippen molar-refractivity contribution in [2.45, 2.75) is 40.0 Å². The minimum Gasteiger partial charge on any atom is -0.0773 e. The Balaban J connectivity index is 1.52. The summed E-state index contributed by atoms with van der Waals surface area (Å²) >= 11 is 0. The molecular weight excluding hydrogens is 516 g/mol. The quantitative estimate of drug-likeness (QED) is 0.186. The monoisotopic (exact) mass is 554 g/mol. The first kappa shape index (κ1) is 27.2. The molecule has 0 saturated carbocycles. The van der Waals surface area contributed by atoms with Crippen molar-refractivity contribution in [3.05, 3.63) is 150 Å². The molecule has 0 aromatic heterocycles. The lowest BCUT2D eigenvalue weighted by Gasteiger charge is -2.20.